The minimum Gasteiger partial charge on any atom is -0.467 e. The van der Waals surface area contributed by atoms with E-state index in [1.165, 1.54) is 12.0 Å². The van der Waals surface area contributed by atoms with Gasteiger partial charge >= 0.3 is 12.1 Å². The summed E-state index contributed by atoms with van der Waals surface area (Å²) in [6.45, 7) is 4.05. The largest absolute Gasteiger partial charge is 0.467 e. The highest BCUT2D eigenvalue weighted by molar-refractivity contribution is 6.04. The summed E-state index contributed by atoms with van der Waals surface area (Å²) in [5, 5.41) is 2.66. The molecule has 0 saturated heterocycles. The van der Waals surface area contributed by atoms with Gasteiger partial charge in [0, 0.05) is 23.4 Å². The molecule has 0 spiro atoms. The van der Waals surface area contributed by atoms with E-state index < -0.39 is 29.7 Å². The van der Waals surface area contributed by atoms with Gasteiger partial charge in [-0.05, 0) is 65.1 Å². The Bertz CT molecular complexity index is 1330. The van der Waals surface area contributed by atoms with Crippen LogP contribution in [0, 0.1) is 5.92 Å². The molecule has 6 nitrogen and oxygen atoms in total. The van der Waals surface area contributed by atoms with Gasteiger partial charge in [0.15, 0.2) is 0 Å². The number of alkyl halides is 3. The summed E-state index contributed by atoms with van der Waals surface area (Å²) in [6, 6.07) is 15.7. The Balaban J connectivity index is 1.48. The average Bonchev–Trinajstić information content (AvgIpc) is 3.19. The second kappa shape index (κ2) is 10.1. The Morgan fingerprint density at radius 2 is 1.57 bits per heavy atom. The van der Waals surface area contributed by atoms with Gasteiger partial charge in [-0.25, -0.2) is 4.79 Å². The number of rotatable bonds is 6. The molecule has 2 amide bonds. The van der Waals surface area contributed by atoms with Gasteiger partial charge in [-0.2, -0.15) is 13.2 Å². The summed E-state index contributed by atoms with van der Waals surface area (Å²) in [5.74, 6) is -1.34. The molecule has 0 saturated carbocycles. The summed E-state index contributed by atoms with van der Waals surface area (Å²) >= 11 is 0. The molecule has 9 heteroatoms. The number of halogens is 3. The summed E-state index contributed by atoms with van der Waals surface area (Å²) in [4.78, 5) is 39.4. The number of hydrogen-bond donors (Lipinski definition) is 1. The van der Waals surface area contributed by atoms with Crippen LogP contribution in [0.5, 0.6) is 0 Å². The van der Waals surface area contributed by atoms with Crippen LogP contribution < -0.4 is 5.32 Å². The predicted molar refractivity (Wildman–Crippen MR) is 132 cm³/mol. The summed E-state index contributed by atoms with van der Waals surface area (Å²) in [7, 11) is 1.30. The van der Waals surface area contributed by atoms with Crippen molar-refractivity contribution >= 4 is 23.5 Å². The van der Waals surface area contributed by atoms with Crippen LogP contribution in [0.4, 0.5) is 18.9 Å². The molecule has 0 aliphatic carbocycles. The maximum absolute atomic E-state index is 13.1. The van der Waals surface area contributed by atoms with Crippen molar-refractivity contribution < 1.29 is 32.3 Å². The average molecular weight is 511 g/mol. The standard InChI is InChI=1S/C28H25F3N2O4/c1-16(2)24(27(36)37-3)33-15-20-5-4-19(14-23(20)26(33)35)17-8-12-22(13-9-17)32-25(34)18-6-10-21(11-7-18)28(29,30)31/h4-14,16,24H,15H2,1-3H3,(H,32,34). The van der Waals surface area contributed by atoms with Gasteiger partial charge in [-0.3, -0.25) is 9.59 Å². The molecular weight excluding hydrogens is 485 g/mol. The zero-order valence-electron chi connectivity index (χ0n) is 20.4. The molecule has 0 bridgehead atoms. The van der Waals surface area contributed by atoms with Gasteiger partial charge in [-0.15, -0.1) is 0 Å². The van der Waals surface area contributed by atoms with Crippen LogP contribution in [-0.2, 0) is 22.3 Å². The number of hydrogen-bond acceptors (Lipinski definition) is 4. The van der Waals surface area contributed by atoms with E-state index in [4.69, 9.17) is 4.74 Å². The maximum atomic E-state index is 13.1. The topological polar surface area (TPSA) is 75.7 Å². The van der Waals surface area contributed by atoms with Crippen molar-refractivity contribution in [2.24, 2.45) is 5.92 Å². The van der Waals surface area contributed by atoms with Crippen LogP contribution >= 0.6 is 0 Å². The molecule has 1 heterocycles. The zero-order valence-corrected chi connectivity index (χ0v) is 20.4. The van der Waals surface area contributed by atoms with Crippen molar-refractivity contribution in [2.75, 3.05) is 12.4 Å². The van der Waals surface area contributed by atoms with E-state index in [1.54, 1.807) is 30.3 Å². The van der Waals surface area contributed by atoms with Crippen LogP contribution in [0.15, 0.2) is 66.7 Å². The fourth-order valence-corrected chi connectivity index (χ4v) is 4.37. The molecule has 4 rings (SSSR count). The van der Waals surface area contributed by atoms with Gasteiger partial charge in [0.1, 0.15) is 6.04 Å². The molecule has 1 N–H and O–H groups in total. The third kappa shape index (κ3) is 5.35. The lowest BCUT2D eigenvalue weighted by atomic mass is 10.00. The second-order valence-corrected chi connectivity index (χ2v) is 9.12. The van der Waals surface area contributed by atoms with Crippen LogP contribution in [0.3, 0.4) is 0 Å². The summed E-state index contributed by atoms with van der Waals surface area (Å²) in [5.41, 5.74) is 2.67. The molecule has 1 aliphatic rings. The van der Waals surface area contributed by atoms with Gasteiger partial charge in [0.05, 0.1) is 12.7 Å². The van der Waals surface area contributed by atoms with Gasteiger partial charge in [-0.1, -0.05) is 38.1 Å². The number of anilines is 1. The molecule has 0 radical (unpaired) electrons. The first-order chi connectivity index (χ1) is 17.5. The zero-order chi connectivity index (χ0) is 26.9. The monoisotopic (exact) mass is 510 g/mol. The molecule has 3 aromatic rings. The highest BCUT2D eigenvalue weighted by Crippen LogP contribution is 2.32. The number of nitrogens with zero attached hydrogens (tertiary/aromatic N) is 1. The minimum absolute atomic E-state index is 0.102. The van der Waals surface area contributed by atoms with Crippen LogP contribution in [0.2, 0.25) is 0 Å². The number of benzene rings is 3. The fraction of sp³-hybridized carbons (Fsp3) is 0.250. The Morgan fingerprint density at radius 3 is 2.14 bits per heavy atom. The Hall–Kier alpha value is -4.14. The minimum atomic E-state index is -4.47. The van der Waals surface area contributed by atoms with E-state index >= 15 is 0 Å². The number of methoxy groups -OCH3 is 1. The third-order valence-corrected chi connectivity index (χ3v) is 6.30. The number of carbonyl (C=O) groups excluding carboxylic acids is 3. The Morgan fingerprint density at radius 1 is 0.946 bits per heavy atom. The maximum Gasteiger partial charge on any atom is 0.416 e. The van der Waals surface area contributed by atoms with E-state index in [2.05, 4.69) is 5.32 Å². The lowest BCUT2D eigenvalue weighted by Crippen LogP contribution is -2.45. The highest BCUT2D eigenvalue weighted by Gasteiger charge is 2.38. The normalized spacial score (nSPS) is 13.9. The van der Waals surface area contributed by atoms with Crippen molar-refractivity contribution in [1.82, 2.24) is 4.90 Å². The number of nitrogens with one attached hydrogen (secondary N) is 1. The number of carbonyl (C=O) groups is 3. The van der Waals surface area contributed by atoms with E-state index in [0.29, 0.717) is 17.8 Å². The van der Waals surface area contributed by atoms with E-state index in [1.807, 2.05) is 26.0 Å². The van der Waals surface area contributed by atoms with Crippen molar-refractivity contribution in [3.63, 3.8) is 0 Å². The SMILES string of the molecule is COC(=O)C(C(C)C)N1Cc2ccc(-c3ccc(NC(=O)c4ccc(C(F)(F)F)cc4)cc3)cc2C1=O. The molecule has 3 aromatic carbocycles. The quantitative estimate of drug-likeness (QED) is 0.427. The molecule has 1 unspecified atom stereocenters. The lowest BCUT2D eigenvalue weighted by molar-refractivity contribution is -0.147. The van der Waals surface area contributed by atoms with Crippen molar-refractivity contribution in [1.29, 1.82) is 0 Å². The Kier molecular flexibility index (Phi) is 7.07. The van der Waals surface area contributed by atoms with Crippen LogP contribution in [0.25, 0.3) is 11.1 Å². The van der Waals surface area contributed by atoms with Gasteiger partial charge in [0.25, 0.3) is 11.8 Å². The molecule has 192 valence electrons. The number of ether oxygens (including phenoxy) is 1. The molecule has 1 atom stereocenters. The summed E-state index contributed by atoms with van der Waals surface area (Å²) < 4.78 is 43.1. The smallest absolute Gasteiger partial charge is 0.416 e. The van der Waals surface area contributed by atoms with Crippen LogP contribution in [0.1, 0.15) is 45.7 Å². The number of esters is 1. The van der Waals surface area contributed by atoms with Gasteiger partial charge < -0.3 is 15.0 Å². The first-order valence-electron chi connectivity index (χ1n) is 11.6. The number of fused-ring (bicyclic) bond motifs is 1. The van der Waals surface area contributed by atoms with Crippen molar-refractivity contribution in [2.45, 2.75) is 32.6 Å². The van der Waals surface area contributed by atoms with Gasteiger partial charge in [0.2, 0.25) is 0 Å². The van der Waals surface area contributed by atoms with E-state index in [-0.39, 0.29) is 17.4 Å². The van der Waals surface area contributed by atoms with Crippen molar-refractivity contribution in [3.8, 4) is 11.1 Å². The van der Waals surface area contributed by atoms with Crippen LogP contribution in [-0.4, -0.2) is 35.8 Å². The molecule has 1 aliphatic heterocycles. The second-order valence-electron chi connectivity index (χ2n) is 9.12. The first-order valence-corrected chi connectivity index (χ1v) is 11.6. The lowest BCUT2D eigenvalue weighted by Gasteiger charge is -2.28. The summed E-state index contributed by atoms with van der Waals surface area (Å²) in [6.07, 6.45) is -4.47. The first kappa shape index (κ1) is 25.9. The van der Waals surface area contributed by atoms with E-state index in [9.17, 15) is 27.6 Å². The van der Waals surface area contributed by atoms with E-state index in [0.717, 1.165) is 41.0 Å². The molecular formula is C28H25F3N2O4. The Labute approximate surface area is 212 Å². The fourth-order valence-electron chi connectivity index (χ4n) is 4.37. The third-order valence-electron chi connectivity index (χ3n) is 6.30. The molecule has 37 heavy (non-hydrogen) atoms. The highest BCUT2D eigenvalue weighted by atomic mass is 19.4. The number of amides is 2. The van der Waals surface area contributed by atoms with Crippen molar-refractivity contribution in [3.05, 3.63) is 89.0 Å². The molecule has 0 fully saturated rings. The molecule has 0 aromatic heterocycles. The predicted octanol–water partition coefficient (Wildman–Crippen LogP) is 5.78.